The van der Waals surface area contributed by atoms with E-state index < -0.39 is 8.32 Å². The van der Waals surface area contributed by atoms with Crippen molar-refractivity contribution in [1.29, 1.82) is 0 Å². The van der Waals surface area contributed by atoms with Gasteiger partial charge in [-0.3, -0.25) is 0 Å². The number of aliphatic hydroxyl groups is 1. The summed E-state index contributed by atoms with van der Waals surface area (Å²) in [5.74, 6) is 0. The van der Waals surface area contributed by atoms with Crippen LogP contribution < -0.4 is 0 Å². The van der Waals surface area contributed by atoms with Crippen LogP contribution in [-0.2, 0) is 11.0 Å². The summed E-state index contributed by atoms with van der Waals surface area (Å²) < 4.78 is 6.24. The van der Waals surface area contributed by atoms with Crippen molar-refractivity contribution in [2.45, 2.75) is 65.0 Å². The van der Waals surface area contributed by atoms with E-state index in [4.69, 9.17) is 4.43 Å². The molecule has 0 aromatic heterocycles. The van der Waals surface area contributed by atoms with Gasteiger partial charge < -0.3 is 9.53 Å². The molecule has 0 aliphatic carbocycles. The van der Waals surface area contributed by atoms with Crippen molar-refractivity contribution in [3.05, 3.63) is 35.4 Å². The molecule has 0 spiro atoms. The minimum absolute atomic E-state index is 0.214. The Hall–Kier alpha value is -0.643. The smallest absolute Gasteiger partial charge is 0.192 e. The van der Waals surface area contributed by atoms with Crippen LogP contribution in [0.4, 0.5) is 0 Å². The van der Waals surface area contributed by atoms with E-state index in [2.05, 4.69) is 39.9 Å². The second-order valence-electron chi connectivity index (χ2n) is 6.67. The first kappa shape index (κ1) is 16.4. The van der Waals surface area contributed by atoms with E-state index in [-0.39, 0.29) is 11.1 Å². The first-order valence-corrected chi connectivity index (χ1v) is 9.99. The maximum absolute atomic E-state index is 10.1. The second-order valence-corrected chi connectivity index (χ2v) is 11.5. The van der Waals surface area contributed by atoms with Crippen LogP contribution in [-0.4, -0.2) is 13.4 Å². The molecule has 0 heterocycles. The van der Waals surface area contributed by atoms with Crippen molar-refractivity contribution < 1.29 is 9.53 Å². The minimum atomic E-state index is -1.74. The molecule has 1 aromatic rings. The monoisotopic (exact) mass is 280 g/mol. The molecule has 0 radical (unpaired) electrons. The molecular formula is C16H28O2Si. The molecule has 0 saturated carbocycles. The summed E-state index contributed by atoms with van der Waals surface area (Å²) in [6.45, 7) is 13.8. The van der Waals surface area contributed by atoms with Gasteiger partial charge in [0, 0.05) is 0 Å². The fraction of sp³-hybridized carbons (Fsp3) is 0.625. The number of hydrogen-bond donors (Lipinski definition) is 1. The molecule has 19 heavy (non-hydrogen) atoms. The van der Waals surface area contributed by atoms with Gasteiger partial charge >= 0.3 is 0 Å². The summed E-state index contributed by atoms with van der Waals surface area (Å²) in [5, 5.41) is 10.3. The van der Waals surface area contributed by atoms with Gasteiger partial charge in [0.2, 0.25) is 0 Å². The summed E-state index contributed by atoms with van der Waals surface area (Å²) in [7, 11) is -1.74. The Kier molecular flexibility index (Phi) is 5.36. The predicted molar refractivity (Wildman–Crippen MR) is 83.7 cm³/mol. The average Bonchev–Trinajstić information content (AvgIpc) is 2.34. The normalized spacial score (nSPS) is 14.5. The van der Waals surface area contributed by atoms with E-state index in [1.54, 1.807) is 0 Å². The average molecular weight is 280 g/mol. The molecule has 0 aliphatic rings. The van der Waals surface area contributed by atoms with Gasteiger partial charge in [0.1, 0.15) is 0 Å². The molecular weight excluding hydrogens is 252 g/mol. The lowest BCUT2D eigenvalue weighted by Crippen LogP contribution is -2.40. The molecule has 1 N–H and O–H groups in total. The molecule has 1 aromatic carbocycles. The Bertz CT molecular complexity index is 407. The Labute approximate surface area is 118 Å². The van der Waals surface area contributed by atoms with E-state index in [0.29, 0.717) is 6.61 Å². The fourth-order valence-electron chi connectivity index (χ4n) is 1.69. The zero-order valence-corrected chi connectivity index (χ0v) is 14.2. The molecule has 2 nitrogen and oxygen atoms in total. The van der Waals surface area contributed by atoms with Crippen molar-refractivity contribution in [3.63, 3.8) is 0 Å². The Balaban J connectivity index is 2.84. The van der Waals surface area contributed by atoms with Crippen LogP contribution >= 0.6 is 0 Å². The van der Waals surface area contributed by atoms with Crippen molar-refractivity contribution >= 4 is 8.32 Å². The van der Waals surface area contributed by atoms with Crippen LogP contribution in [0.3, 0.4) is 0 Å². The topological polar surface area (TPSA) is 29.5 Å². The zero-order chi connectivity index (χ0) is 14.7. The number of rotatable bonds is 5. The molecule has 1 unspecified atom stereocenters. The summed E-state index contributed by atoms with van der Waals surface area (Å²) in [5.41, 5.74) is 2.12. The molecule has 0 bridgehead atoms. The highest BCUT2D eigenvalue weighted by Gasteiger charge is 2.37. The molecule has 0 aliphatic heterocycles. The quantitative estimate of drug-likeness (QED) is 0.795. The van der Waals surface area contributed by atoms with Crippen molar-refractivity contribution in [3.8, 4) is 0 Å². The van der Waals surface area contributed by atoms with E-state index in [1.807, 2.05) is 25.1 Å². The van der Waals surface area contributed by atoms with Gasteiger partial charge in [0.05, 0.1) is 12.7 Å². The second kappa shape index (κ2) is 6.20. The highest BCUT2D eigenvalue weighted by molar-refractivity contribution is 6.74. The third kappa shape index (κ3) is 4.16. The van der Waals surface area contributed by atoms with Crippen LogP contribution in [0.2, 0.25) is 18.1 Å². The first-order chi connectivity index (χ1) is 8.69. The largest absolute Gasteiger partial charge is 0.413 e. The van der Waals surface area contributed by atoms with Crippen molar-refractivity contribution in [2.24, 2.45) is 0 Å². The van der Waals surface area contributed by atoms with Crippen molar-refractivity contribution in [1.82, 2.24) is 0 Å². The van der Waals surface area contributed by atoms with Crippen LogP contribution in [0.25, 0.3) is 0 Å². The van der Waals surface area contributed by atoms with Crippen LogP contribution in [0.15, 0.2) is 24.3 Å². The summed E-state index contributed by atoms with van der Waals surface area (Å²) in [6.07, 6.45) is 0.344. The third-order valence-corrected chi connectivity index (χ3v) is 8.67. The summed E-state index contributed by atoms with van der Waals surface area (Å²) in [6, 6.07) is 8.04. The molecule has 108 valence electrons. The van der Waals surface area contributed by atoms with Gasteiger partial charge in [0.25, 0.3) is 0 Å². The molecule has 0 saturated heterocycles. The van der Waals surface area contributed by atoms with Gasteiger partial charge in [-0.2, -0.15) is 0 Å². The first-order valence-electron chi connectivity index (χ1n) is 7.09. The molecule has 0 fully saturated rings. The highest BCUT2D eigenvalue weighted by atomic mass is 28.4. The lowest BCUT2D eigenvalue weighted by Gasteiger charge is -2.36. The summed E-state index contributed by atoms with van der Waals surface area (Å²) >= 11 is 0. The van der Waals surface area contributed by atoms with Crippen LogP contribution in [0, 0.1) is 0 Å². The van der Waals surface area contributed by atoms with Gasteiger partial charge in [-0.15, -0.1) is 0 Å². The Morgan fingerprint density at radius 2 is 1.79 bits per heavy atom. The standard InChI is InChI=1S/C16H28O2Si/c1-7-15(17)14-11-9-8-10-13(14)12-18-19(5,6)16(2,3)4/h8-11,15,17H,7,12H2,1-6H3. The Morgan fingerprint density at radius 1 is 1.21 bits per heavy atom. The Morgan fingerprint density at radius 3 is 2.32 bits per heavy atom. The lowest BCUT2D eigenvalue weighted by molar-refractivity contribution is 0.169. The van der Waals surface area contributed by atoms with Crippen LogP contribution in [0.5, 0.6) is 0 Å². The fourth-order valence-corrected chi connectivity index (χ4v) is 2.63. The molecule has 1 atom stereocenters. The molecule has 3 heteroatoms. The van der Waals surface area contributed by atoms with Gasteiger partial charge in [-0.1, -0.05) is 52.0 Å². The van der Waals surface area contributed by atoms with Gasteiger partial charge in [0.15, 0.2) is 8.32 Å². The number of hydrogen-bond acceptors (Lipinski definition) is 2. The minimum Gasteiger partial charge on any atom is -0.413 e. The predicted octanol–water partition coefficient (Wildman–Crippen LogP) is 4.65. The lowest BCUT2D eigenvalue weighted by atomic mass is 10.0. The van der Waals surface area contributed by atoms with Gasteiger partial charge in [-0.25, -0.2) is 0 Å². The molecule has 0 amide bonds. The van der Waals surface area contributed by atoms with Crippen LogP contribution in [0.1, 0.15) is 51.3 Å². The van der Waals surface area contributed by atoms with Crippen molar-refractivity contribution in [2.75, 3.05) is 0 Å². The molecule has 1 rings (SSSR count). The summed E-state index contributed by atoms with van der Waals surface area (Å²) in [4.78, 5) is 0. The van der Waals surface area contributed by atoms with E-state index in [1.165, 1.54) is 0 Å². The third-order valence-electron chi connectivity index (χ3n) is 4.20. The van der Waals surface area contributed by atoms with E-state index in [0.717, 1.165) is 17.5 Å². The SMILES string of the molecule is CCC(O)c1ccccc1CO[Si](C)(C)C(C)(C)C. The highest BCUT2D eigenvalue weighted by Crippen LogP contribution is 2.37. The zero-order valence-electron chi connectivity index (χ0n) is 13.2. The number of benzene rings is 1. The maximum Gasteiger partial charge on any atom is 0.192 e. The maximum atomic E-state index is 10.1. The van der Waals surface area contributed by atoms with E-state index >= 15 is 0 Å². The number of aliphatic hydroxyl groups excluding tert-OH is 1. The van der Waals surface area contributed by atoms with Gasteiger partial charge in [-0.05, 0) is 35.7 Å². The van der Waals surface area contributed by atoms with E-state index in [9.17, 15) is 5.11 Å².